The molecule has 8 aliphatic rings. The van der Waals surface area contributed by atoms with Crippen molar-refractivity contribution in [2.75, 3.05) is 27.4 Å². The molecular formula is C30H38O15. The van der Waals surface area contributed by atoms with Crippen molar-refractivity contribution in [2.24, 2.45) is 34.0 Å². The van der Waals surface area contributed by atoms with Crippen molar-refractivity contribution in [3.8, 4) is 0 Å². The van der Waals surface area contributed by atoms with E-state index in [0.717, 1.165) is 7.11 Å². The predicted octanol–water partition coefficient (Wildman–Crippen LogP) is -1.72. The Morgan fingerprint density at radius 2 is 1.71 bits per heavy atom. The Balaban J connectivity index is 1.37. The number of ether oxygens (including phenoxy) is 8. The van der Waals surface area contributed by atoms with Gasteiger partial charge in [-0.25, -0.2) is 4.79 Å². The molecule has 248 valence electrons. The molecule has 16 atom stereocenters. The van der Waals surface area contributed by atoms with E-state index in [0.29, 0.717) is 0 Å². The molecule has 3 aliphatic carbocycles. The topological polar surface area (TPSA) is 209 Å². The van der Waals surface area contributed by atoms with Gasteiger partial charge in [-0.1, -0.05) is 6.92 Å². The van der Waals surface area contributed by atoms with Gasteiger partial charge in [-0.15, -0.1) is 0 Å². The van der Waals surface area contributed by atoms with Crippen LogP contribution in [0.15, 0.2) is 12.3 Å². The molecule has 0 amide bonds. The second-order valence-corrected chi connectivity index (χ2v) is 14.4. The fourth-order valence-corrected chi connectivity index (χ4v) is 11.7. The summed E-state index contributed by atoms with van der Waals surface area (Å²) in [4.78, 5) is 39.7. The molecule has 4 N–H and O–H groups in total. The van der Waals surface area contributed by atoms with Crippen LogP contribution >= 0.6 is 0 Å². The lowest BCUT2D eigenvalue weighted by Crippen LogP contribution is -2.78. The van der Waals surface area contributed by atoms with Crippen molar-refractivity contribution >= 4 is 17.9 Å². The third-order valence-electron chi connectivity index (χ3n) is 13.2. The van der Waals surface area contributed by atoms with Crippen LogP contribution < -0.4 is 0 Å². The Morgan fingerprint density at radius 1 is 1.00 bits per heavy atom. The minimum absolute atomic E-state index is 0.287. The number of esters is 3. The lowest BCUT2D eigenvalue weighted by Gasteiger charge is -2.65. The Labute approximate surface area is 257 Å². The lowest BCUT2D eigenvalue weighted by atomic mass is 9.37. The Bertz CT molecular complexity index is 1420. The maximum Gasteiger partial charge on any atom is 0.366 e. The summed E-state index contributed by atoms with van der Waals surface area (Å²) in [7, 11) is 2.24. The third-order valence-corrected chi connectivity index (χ3v) is 13.2. The molecular weight excluding hydrogens is 600 g/mol. The molecule has 15 nitrogen and oxygen atoms in total. The first-order chi connectivity index (χ1) is 21.1. The van der Waals surface area contributed by atoms with Crippen LogP contribution in [0, 0.1) is 34.0 Å². The second kappa shape index (κ2) is 8.55. The predicted molar refractivity (Wildman–Crippen MR) is 141 cm³/mol. The molecule has 0 aromatic rings. The maximum absolute atomic E-state index is 13.8. The minimum Gasteiger partial charge on any atom is -0.469 e. The lowest BCUT2D eigenvalue weighted by molar-refractivity contribution is -0.314. The fraction of sp³-hybridized carbons (Fsp3) is 0.833. The Kier molecular flexibility index (Phi) is 5.70. The summed E-state index contributed by atoms with van der Waals surface area (Å²) in [5, 5.41) is 48.9. The van der Waals surface area contributed by atoms with Crippen LogP contribution in [-0.2, 0) is 52.3 Å². The largest absolute Gasteiger partial charge is 0.469 e. The van der Waals surface area contributed by atoms with Crippen molar-refractivity contribution < 1.29 is 72.7 Å². The number of hydrogen-bond donors (Lipinski definition) is 4. The van der Waals surface area contributed by atoms with Crippen molar-refractivity contribution in [3.05, 3.63) is 12.3 Å². The molecule has 5 aliphatic heterocycles. The van der Waals surface area contributed by atoms with E-state index in [1.807, 2.05) is 0 Å². The van der Waals surface area contributed by atoms with Gasteiger partial charge in [0.1, 0.15) is 22.7 Å². The molecule has 0 aromatic heterocycles. The Hall–Kier alpha value is -2.37. The van der Waals surface area contributed by atoms with Crippen molar-refractivity contribution in [3.63, 3.8) is 0 Å². The van der Waals surface area contributed by atoms with Crippen LogP contribution in [0.25, 0.3) is 0 Å². The fourth-order valence-electron chi connectivity index (χ4n) is 11.7. The number of methoxy groups -OCH3 is 2. The highest BCUT2D eigenvalue weighted by molar-refractivity contribution is 5.82. The standard InChI is InChI=1S/C30H38O15/c1-12(31)43-15-9-14(32)26-11-42-29(37,22(35)39-5)20(26)24(2,19(33)17-18(26)27(15,10-41-17)21(34)38-4)30-16-8-13(25(30,3)45-30)28(36)6-7-40-23(28)44-16/h6-7,13-20,23,32-33,36-37H,8-11H2,1-5H3. The quantitative estimate of drug-likeness (QED) is 0.153. The van der Waals surface area contributed by atoms with E-state index < -0.39 is 118 Å². The molecule has 0 radical (unpaired) electrons. The molecule has 16 unspecified atom stereocenters. The molecule has 3 saturated carbocycles. The number of aliphatic hydroxyl groups is 4. The molecule has 5 heterocycles. The first-order valence-electron chi connectivity index (χ1n) is 15.2. The highest BCUT2D eigenvalue weighted by Gasteiger charge is 2.96. The van der Waals surface area contributed by atoms with Gasteiger partial charge in [-0.3, -0.25) is 9.59 Å². The number of epoxide rings is 1. The molecule has 8 rings (SSSR count). The van der Waals surface area contributed by atoms with Crippen molar-refractivity contribution in [1.29, 1.82) is 0 Å². The first-order valence-corrected chi connectivity index (χ1v) is 15.2. The minimum atomic E-state index is -2.75. The van der Waals surface area contributed by atoms with E-state index in [-0.39, 0.29) is 19.4 Å². The number of carbonyl (C=O) groups excluding carboxylic acids is 3. The molecule has 0 aromatic carbocycles. The zero-order chi connectivity index (χ0) is 32.3. The van der Waals surface area contributed by atoms with Crippen molar-refractivity contribution in [1.82, 2.24) is 0 Å². The highest BCUT2D eigenvalue weighted by atomic mass is 16.7. The summed E-state index contributed by atoms with van der Waals surface area (Å²) in [6.45, 7) is 3.76. The summed E-state index contributed by atoms with van der Waals surface area (Å²) in [6.07, 6.45) is -4.50. The van der Waals surface area contributed by atoms with E-state index in [1.165, 1.54) is 26.4 Å². The number of hydrogen-bond acceptors (Lipinski definition) is 15. The van der Waals surface area contributed by atoms with E-state index >= 15 is 0 Å². The first kappa shape index (κ1) is 30.0. The van der Waals surface area contributed by atoms with Crippen LogP contribution in [0.2, 0.25) is 0 Å². The van der Waals surface area contributed by atoms with E-state index in [1.54, 1.807) is 13.8 Å². The molecule has 45 heavy (non-hydrogen) atoms. The van der Waals surface area contributed by atoms with E-state index in [4.69, 9.17) is 37.9 Å². The zero-order valence-corrected chi connectivity index (χ0v) is 25.5. The van der Waals surface area contributed by atoms with E-state index in [2.05, 4.69) is 0 Å². The van der Waals surface area contributed by atoms with Crippen LogP contribution in [-0.4, -0.2) is 125 Å². The van der Waals surface area contributed by atoms with Gasteiger partial charge in [0, 0.05) is 41.9 Å². The average molecular weight is 639 g/mol. The number of fused-ring (bicyclic) bond motifs is 7. The SMILES string of the molecule is COC(=O)C1(O)OCC23C(O)CC(OC(C)=O)C4(C(=O)OC)COC(C42)C(O)C(C)(C24OC2(C)C2CC4OC4OC=CC42O)C13. The number of aliphatic hydroxyl groups excluding tert-OH is 2. The maximum atomic E-state index is 13.8. The van der Waals surface area contributed by atoms with Gasteiger partial charge in [0.2, 0.25) is 6.29 Å². The van der Waals surface area contributed by atoms with Gasteiger partial charge in [0.25, 0.3) is 5.79 Å². The van der Waals surface area contributed by atoms with Gasteiger partial charge < -0.3 is 58.3 Å². The number of carbonyl (C=O) groups is 3. The van der Waals surface area contributed by atoms with Gasteiger partial charge in [0.05, 0.1) is 58.1 Å². The smallest absolute Gasteiger partial charge is 0.366 e. The van der Waals surface area contributed by atoms with Gasteiger partial charge >= 0.3 is 17.9 Å². The van der Waals surface area contributed by atoms with Crippen LogP contribution in [0.4, 0.5) is 0 Å². The van der Waals surface area contributed by atoms with Crippen LogP contribution in [0.1, 0.15) is 33.6 Å². The normalized spacial score (nSPS) is 59.3. The van der Waals surface area contributed by atoms with Crippen LogP contribution in [0.3, 0.4) is 0 Å². The van der Waals surface area contributed by atoms with Crippen LogP contribution in [0.5, 0.6) is 0 Å². The summed E-state index contributed by atoms with van der Waals surface area (Å²) in [5.74, 6) is -8.71. The van der Waals surface area contributed by atoms with E-state index in [9.17, 15) is 34.8 Å². The summed E-state index contributed by atoms with van der Waals surface area (Å²) in [6, 6.07) is 0. The van der Waals surface area contributed by atoms with Gasteiger partial charge in [-0.05, 0) is 19.4 Å². The van der Waals surface area contributed by atoms with Gasteiger partial charge in [-0.2, -0.15) is 0 Å². The average Bonchev–Trinajstić information content (AvgIpc) is 3.38. The Morgan fingerprint density at radius 3 is 2.38 bits per heavy atom. The summed E-state index contributed by atoms with van der Waals surface area (Å²) >= 11 is 0. The molecule has 1 spiro atoms. The number of rotatable bonds is 4. The molecule has 7 fully saturated rings. The summed E-state index contributed by atoms with van der Waals surface area (Å²) < 4.78 is 46.8. The zero-order valence-electron chi connectivity index (χ0n) is 25.5. The second-order valence-electron chi connectivity index (χ2n) is 14.4. The third kappa shape index (κ3) is 2.84. The monoisotopic (exact) mass is 638 g/mol. The highest BCUT2D eigenvalue weighted by Crippen LogP contribution is 2.82. The molecule has 15 heteroatoms. The van der Waals surface area contributed by atoms with Crippen molar-refractivity contribution in [2.45, 2.75) is 93.0 Å². The molecule has 4 saturated heterocycles. The summed E-state index contributed by atoms with van der Waals surface area (Å²) in [5.41, 5.74) is -9.36. The van der Waals surface area contributed by atoms with Gasteiger partial charge in [0.15, 0.2) is 5.60 Å². The molecule has 2 bridgehead atoms.